The predicted molar refractivity (Wildman–Crippen MR) is 49.5 cm³/mol. The minimum absolute atomic E-state index is 0.0890. The lowest BCUT2D eigenvalue weighted by atomic mass is 9.97. The van der Waals surface area contributed by atoms with Gasteiger partial charge in [-0.15, -0.1) is 0 Å². The van der Waals surface area contributed by atoms with Crippen LogP contribution in [0.4, 0.5) is 0 Å². The molecule has 0 heterocycles. The van der Waals surface area contributed by atoms with E-state index in [1.54, 1.807) is 0 Å². The van der Waals surface area contributed by atoms with Crippen molar-refractivity contribution in [3.8, 4) is 0 Å². The second-order valence-corrected chi connectivity index (χ2v) is 3.21. The van der Waals surface area contributed by atoms with E-state index in [9.17, 15) is 9.59 Å². The Labute approximate surface area is 82.9 Å². The molecule has 4 heteroatoms. The van der Waals surface area contributed by atoms with Crippen molar-refractivity contribution in [2.24, 2.45) is 0 Å². The highest BCUT2D eigenvalue weighted by atomic mass is 16.7. The van der Waals surface area contributed by atoms with E-state index in [0.717, 1.165) is 18.9 Å². The number of ketones is 1. The smallest absolute Gasteiger partial charge is 0.332 e. The molecule has 0 aromatic heterocycles. The molecule has 14 heavy (non-hydrogen) atoms. The zero-order valence-electron chi connectivity index (χ0n) is 8.03. The average Bonchev–Trinajstić information content (AvgIpc) is 2.17. The molecular formula is C10H14O4. The first kappa shape index (κ1) is 10.9. The van der Waals surface area contributed by atoms with Gasteiger partial charge in [-0.2, -0.15) is 0 Å². The van der Waals surface area contributed by atoms with Crippen molar-refractivity contribution in [2.45, 2.75) is 31.8 Å². The summed E-state index contributed by atoms with van der Waals surface area (Å²) in [7, 11) is 0. The lowest BCUT2D eigenvalue weighted by molar-refractivity contribution is -0.157. The molecule has 0 amide bonds. The van der Waals surface area contributed by atoms with E-state index in [0.29, 0.717) is 12.8 Å². The monoisotopic (exact) mass is 198 g/mol. The number of ether oxygens (including phenoxy) is 2. The molecule has 0 radical (unpaired) electrons. The van der Waals surface area contributed by atoms with Gasteiger partial charge < -0.3 is 9.47 Å². The molecule has 1 fully saturated rings. The SMILES string of the molecule is C=CC(=O)OCOC1CCCC(=O)C1. The minimum Gasteiger partial charge on any atom is -0.435 e. The van der Waals surface area contributed by atoms with E-state index in [1.807, 2.05) is 0 Å². The molecule has 4 nitrogen and oxygen atoms in total. The van der Waals surface area contributed by atoms with Gasteiger partial charge in [-0.05, 0) is 12.8 Å². The Morgan fingerprint density at radius 2 is 2.43 bits per heavy atom. The second-order valence-electron chi connectivity index (χ2n) is 3.21. The Balaban J connectivity index is 2.14. The summed E-state index contributed by atoms with van der Waals surface area (Å²) in [5, 5.41) is 0. The molecule has 1 unspecified atom stereocenters. The molecule has 78 valence electrons. The average molecular weight is 198 g/mol. The van der Waals surface area contributed by atoms with Crippen molar-refractivity contribution in [1.29, 1.82) is 0 Å². The van der Waals surface area contributed by atoms with Crippen LogP contribution in [0.15, 0.2) is 12.7 Å². The third kappa shape index (κ3) is 3.70. The van der Waals surface area contributed by atoms with Crippen LogP contribution < -0.4 is 0 Å². The fourth-order valence-electron chi connectivity index (χ4n) is 1.37. The van der Waals surface area contributed by atoms with Gasteiger partial charge in [-0.3, -0.25) is 4.79 Å². The van der Waals surface area contributed by atoms with Crippen LogP contribution in [0.2, 0.25) is 0 Å². The molecule has 0 aliphatic heterocycles. The summed E-state index contributed by atoms with van der Waals surface area (Å²) in [5.41, 5.74) is 0. The minimum atomic E-state index is -0.507. The zero-order chi connectivity index (χ0) is 10.4. The van der Waals surface area contributed by atoms with Crippen LogP contribution in [0.25, 0.3) is 0 Å². The van der Waals surface area contributed by atoms with Crippen LogP contribution in [0, 0.1) is 0 Å². The summed E-state index contributed by atoms with van der Waals surface area (Å²) in [5.74, 6) is -0.288. The lowest BCUT2D eigenvalue weighted by Crippen LogP contribution is -2.24. The largest absolute Gasteiger partial charge is 0.435 e. The maximum Gasteiger partial charge on any atom is 0.332 e. The number of carbonyl (C=O) groups is 2. The molecular weight excluding hydrogens is 184 g/mol. The van der Waals surface area contributed by atoms with Gasteiger partial charge in [0.2, 0.25) is 0 Å². The molecule has 1 rings (SSSR count). The molecule has 1 aliphatic rings. The van der Waals surface area contributed by atoms with Crippen LogP contribution in [0.1, 0.15) is 25.7 Å². The van der Waals surface area contributed by atoms with Gasteiger partial charge in [-0.25, -0.2) is 4.79 Å². The molecule has 0 aromatic carbocycles. The van der Waals surface area contributed by atoms with E-state index in [1.165, 1.54) is 0 Å². The maximum absolute atomic E-state index is 11.0. The van der Waals surface area contributed by atoms with Gasteiger partial charge in [0.05, 0.1) is 6.10 Å². The van der Waals surface area contributed by atoms with Gasteiger partial charge in [0.15, 0.2) is 6.79 Å². The predicted octanol–water partition coefficient (Wildman–Crippen LogP) is 1.20. The first-order chi connectivity index (χ1) is 6.72. The molecule has 0 spiro atoms. The highest BCUT2D eigenvalue weighted by molar-refractivity contribution is 5.81. The van der Waals surface area contributed by atoms with E-state index in [2.05, 4.69) is 11.3 Å². The number of hydrogen-bond donors (Lipinski definition) is 0. The van der Waals surface area contributed by atoms with E-state index in [-0.39, 0.29) is 18.7 Å². The molecule has 0 N–H and O–H groups in total. The quantitative estimate of drug-likeness (QED) is 0.387. The Bertz CT molecular complexity index is 234. The van der Waals surface area contributed by atoms with Crippen LogP contribution >= 0.6 is 0 Å². The summed E-state index contributed by atoms with van der Waals surface area (Å²) >= 11 is 0. The Morgan fingerprint density at radius 1 is 1.64 bits per heavy atom. The van der Waals surface area contributed by atoms with Crippen LogP contribution in [0.5, 0.6) is 0 Å². The number of hydrogen-bond acceptors (Lipinski definition) is 4. The molecule has 1 atom stereocenters. The van der Waals surface area contributed by atoms with E-state index in [4.69, 9.17) is 4.74 Å². The normalized spacial score (nSPS) is 21.7. The molecule has 0 aromatic rings. The highest BCUT2D eigenvalue weighted by Crippen LogP contribution is 2.17. The van der Waals surface area contributed by atoms with Gasteiger partial charge in [0.1, 0.15) is 5.78 Å². The first-order valence-corrected chi connectivity index (χ1v) is 4.65. The van der Waals surface area contributed by atoms with Gasteiger partial charge in [0.25, 0.3) is 0 Å². The Kier molecular flexibility index (Phi) is 4.32. The van der Waals surface area contributed by atoms with Gasteiger partial charge >= 0.3 is 5.97 Å². The first-order valence-electron chi connectivity index (χ1n) is 4.65. The highest BCUT2D eigenvalue weighted by Gasteiger charge is 2.19. The van der Waals surface area contributed by atoms with Crippen molar-refractivity contribution in [3.05, 3.63) is 12.7 Å². The molecule has 1 aliphatic carbocycles. The zero-order valence-corrected chi connectivity index (χ0v) is 8.03. The van der Waals surface area contributed by atoms with Crippen molar-refractivity contribution >= 4 is 11.8 Å². The van der Waals surface area contributed by atoms with E-state index >= 15 is 0 Å². The van der Waals surface area contributed by atoms with Crippen LogP contribution in [-0.4, -0.2) is 24.6 Å². The second kappa shape index (κ2) is 5.54. The third-order valence-electron chi connectivity index (χ3n) is 2.11. The maximum atomic E-state index is 11.0. The third-order valence-corrected chi connectivity index (χ3v) is 2.11. The Morgan fingerprint density at radius 3 is 3.07 bits per heavy atom. The van der Waals surface area contributed by atoms with Crippen molar-refractivity contribution in [1.82, 2.24) is 0 Å². The lowest BCUT2D eigenvalue weighted by Gasteiger charge is -2.20. The summed E-state index contributed by atoms with van der Waals surface area (Å²) in [6.07, 6.45) is 3.79. The molecule has 0 saturated heterocycles. The van der Waals surface area contributed by atoms with Crippen molar-refractivity contribution in [3.63, 3.8) is 0 Å². The van der Waals surface area contributed by atoms with Crippen molar-refractivity contribution < 1.29 is 19.1 Å². The topological polar surface area (TPSA) is 52.6 Å². The van der Waals surface area contributed by atoms with Crippen molar-refractivity contribution in [2.75, 3.05) is 6.79 Å². The number of Topliss-reactive ketones (excluding diaryl/α,β-unsaturated/α-hetero) is 1. The summed E-state index contributed by atoms with van der Waals surface area (Å²) in [6, 6.07) is 0. The fourth-order valence-corrected chi connectivity index (χ4v) is 1.37. The van der Waals surface area contributed by atoms with Gasteiger partial charge in [0, 0.05) is 18.9 Å². The van der Waals surface area contributed by atoms with Gasteiger partial charge in [-0.1, -0.05) is 6.58 Å². The standard InChI is InChI=1S/C10H14O4/c1-2-10(12)14-7-13-9-5-3-4-8(11)6-9/h2,9H,1,3-7H2. The summed E-state index contributed by atoms with van der Waals surface area (Å²) in [6.45, 7) is 3.16. The molecule has 0 bridgehead atoms. The summed E-state index contributed by atoms with van der Waals surface area (Å²) < 4.78 is 9.85. The number of carbonyl (C=O) groups excluding carboxylic acids is 2. The number of esters is 1. The van der Waals surface area contributed by atoms with Crippen LogP contribution in [-0.2, 0) is 19.1 Å². The number of rotatable bonds is 4. The van der Waals surface area contributed by atoms with Crippen LogP contribution in [0.3, 0.4) is 0 Å². The summed E-state index contributed by atoms with van der Waals surface area (Å²) in [4.78, 5) is 21.7. The van der Waals surface area contributed by atoms with E-state index < -0.39 is 5.97 Å². The Hall–Kier alpha value is -1.16. The fraction of sp³-hybridized carbons (Fsp3) is 0.600. The molecule has 1 saturated carbocycles.